The quantitative estimate of drug-likeness (QED) is 0.572. The number of rotatable bonds is 3. The number of carbonyl (C=O) groups is 1. The number of hydrogen-bond donors (Lipinski definition) is 1. The molecule has 0 amide bonds. The Morgan fingerprint density at radius 2 is 1.62 bits per heavy atom. The zero-order valence-corrected chi connectivity index (χ0v) is 15.9. The van der Waals surface area contributed by atoms with Crippen molar-refractivity contribution >= 4 is 52.1 Å². The first-order valence-corrected chi connectivity index (χ1v) is 9.29. The van der Waals surface area contributed by atoms with Gasteiger partial charge in [0.2, 0.25) is 0 Å². The Kier molecular flexibility index (Phi) is 4.65. The lowest BCUT2D eigenvalue weighted by atomic mass is 9.95. The molecular formula is C19H14Cl3N3O. The maximum Gasteiger partial charge on any atom is 0.168 e. The molecule has 7 heteroatoms. The second-order valence-corrected chi connectivity index (χ2v) is 7.43. The fraction of sp³-hybridized carbons (Fsp3) is 0.158. The van der Waals surface area contributed by atoms with Crippen LogP contribution in [0.25, 0.3) is 5.69 Å². The van der Waals surface area contributed by atoms with Gasteiger partial charge in [-0.3, -0.25) is 4.79 Å². The Morgan fingerprint density at radius 3 is 2.31 bits per heavy atom. The molecule has 0 bridgehead atoms. The summed E-state index contributed by atoms with van der Waals surface area (Å²) in [5, 5.41) is 9.52. The average molecular weight is 407 g/mol. The molecule has 4 rings (SSSR count). The van der Waals surface area contributed by atoms with Gasteiger partial charge in [0.05, 0.1) is 16.9 Å². The van der Waals surface area contributed by atoms with Gasteiger partial charge in [-0.1, -0.05) is 34.8 Å². The van der Waals surface area contributed by atoms with Crippen LogP contribution in [0.5, 0.6) is 0 Å². The van der Waals surface area contributed by atoms with Crippen LogP contribution in [0.3, 0.4) is 0 Å². The van der Waals surface area contributed by atoms with Gasteiger partial charge in [0, 0.05) is 27.2 Å². The minimum Gasteiger partial charge on any atom is -0.338 e. The molecule has 26 heavy (non-hydrogen) atoms. The van der Waals surface area contributed by atoms with Crippen LogP contribution in [0.15, 0.2) is 42.5 Å². The Hall–Kier alpha value is -2.01. The van der Waals surface area contributed by atoms with Gasteiger partial charge in [-0.05, 0) is 55.3 Å². The van der Waals surface area contributed by atoms with Crippen LogP contribution in [0.4, 0.5) is 11.5 Å². The zero-order valence-electron chi connectivity index (χ0n) is 13.6. The van der Waals surface area contributed by atoms with Crippen molar-refractivity contribution in [1.29, 1.82) is 0 Å². The summed E-state index contributed by atoms with van der Waals surface area (Å²) in [7, 11) is 0. The Bertz CT molecular complexity index is 976. The van der Waals surface area contributed by atoms with Crippen LogP contribution < -0.4 is 5.32 Å². The van der Waals surface area contributed by atoms with Crippen LogP contribution in [0.1, 0.15) is 28.9 Å². The van der Waals surface area contributed by atoms with Crippen molar-refractivity contribution in [3.63, 3.8) is 0 Å². The molecule has 1 aromatic heterocycles. The highest BCUT2D eigenvalue weighted by Crippen LogP contribution is 2.33. The zero-order chi connectivity index (χ0) is 18.3. The molecular weight excluding hydrogens is 393 g/mol. The molecule has 0 aliphatic heterocycles. The van der Waals surface area contributed by atoms with Crippen molar-refractivity contribution in [3.8, 4) is 5.69 Å². The van der Waals surface area contributed by atoms with E-state index in [0.717, 1.165) is 24.2 Å². The van der Waals surface area contributed by atoms with Crippen LogP contribution in [-0.4, -0.2) is 15.6 Å². The van der Waals surface area contributed by atoms with E-state index in [1.807, 2.05) is 12.1 Å². The molecule has 4 nitrogen and oxygen atoms in total. The SMILES string of the molecule is O=C1CCCc2c1c(Nc1cc(Cl)cc(Cl)c1)nn2-c1ccc(Cl)cc1. The van der Waals surface area contributed by atoms with E-state index in [-0.39, 0.29) is 5.78 Å². The lowest BCUT2D eigenvalue weighted by molar-refractivity contribution is 0.0973. The molecule has 3 aromatic rings. The number of nitrogens with one attached hydrogen (secondary N) is 1. The summed E-state index contributed by atoms with van der Waals surface area (Å²) >= 11 is 18.1. The molecule has 0 saturated heterocycles. The number of fused-ring (bicyclic) bond motifs is 1. The number of anilines is 2. The van der Waals surface area contributed by atoms with Crippen LogP contribution in [0, 0.1) is 0 Å². The third-order valence-corrected chi connectivity index (χ3v) is 4.96. The molecule has 1 aliphatic rings. The molecule has 0 atom stereocenters. The summed E-state index contributed by atoms with van der Waals surface area (Å²) in [5.41, 5.74) is 3.07. The number of halogens is 3. The van der Waals surface area contributed by atoms with Crippen LogP contribution >= 0.6 is 34.8 Å². The minimum atomic E-state index is 0.0853. The highest BCUT2D eigenvalue weighted by Gasteiger charge is 2.27. The third kappa shape index (κ3) is 3.32. The second kappa shape index (κ2) is 6.95. The van der Waals surface area contributed by atoms with E-state index >= 15 is 0 Å². The summed E-state index contributed by atoms with van der Waals surface area (Å²) in [5.74, 6) is 0.597. The smallest absolute Gasteiger partial charge is 0.168 e. The average Bonchev–Trinajstić information content (AvgIpc) is 2.94. The molecule has 1 heterocycles. The fourth-order valence-electron chi connectivity index (χ4n) is 3.16. The van der Waals surface area contributed by atoms with E-state index < -0.39 is 0 Å². The Morgan fingerprint density at radius 1 is 0.923 bits per heavy atom. The molecule has 2 aromatic carbocycles. The van der Waals surface area contributed by atoms with Gasteiger partial charge in [0.1, 0.15) is 0 Å². The molecule has 0 unspecified atom stereocenters. The molecule has 1 N–H and O–H groups in total. The monoisotopic (exact) mass is 405 g/mol. The number of nitrogens with zero attached hydrogens (tertiary/aromatic N) is 2. The fourth-order valence-corrected chi connectivity index (χ4v) is 3.82. The molecule has 132 valence electrons. The number of carbonyl (C=O) groups excluding carboxylic acids is 1. The molecule has 1 aliphatic carbocycles. The second-order valence-electron chi connectivity index (χ2n) is 6.12. The number of Topliss-reactive ketones (excluding diaryl/α,β-unsaturated/α-hetero) is 1. The molecule has 0 fully saturated rings. The number of ketones is 1. The first-order valence-electron chi connectivity index (χ1n) is 8.15. The topological polar surface area (TPSA) is 46.9 Å². The highest BCUT2D eigenvalue weighted by atomic mass is 35.5. The van der Waals surface area contributed by atoms with E-state index in [2.05, 4.69) is 10.4 Å². The van der Waals surface area contributed by atoms with Gasteiger partial charge in [0.15, 0.2) is 11.6 Å². The van der Waals surface area contributed by atoms with E-state index in [1.54, 1.807) is 35.0 Å². The largest absolute Gasteiger partial charge is 0.338 e. The molecule has 0 spiro atoms. The maximum atomic E-state index is 12.6. The lowest BCUT2D eigenvalue weighted by Gasteiger charge is -2.13. The van der Waals surface area contributed by atoms with E-state index in [4.69, 9.17) is 34.8 Å². The van der Waals surface area contributed by atoms with Gasteiger partial charge in [0.25, 0.3) is 0 Å². The van der Waals surface area contributed by atoms with Gasteiger partial charge in [-0.15, -0.1) is 5.10 Å². The van der Waals surface area contributed by atoms with Crippen molar-refractivity contribution in [2.45, 2.75) is 19.3 Å². The molecule has 0 saturated carbocycles. The number of aromatic nitrogens is 2. The van der Waals surface area contributed by atoms with Crippen molar-refractivity contribution in [3.05, 3.63) is 68.8 Å². The van der Waals surface area contributed by atoms with Crippen LogP contribution in [-0.2, 0) is 6.42 Å². The van der Waals surface area contributed by atoms with Gasteiger partial charge in [-0.25, -0.2) is 4.68 Å². The third-order valence-electron chi connectivity index (χ3n) is 4.27. The Balaban J connectivity index is 1.81. The van der Waals surface area contributed by atoms with E-state index in [0.29, 0.717) is 38.6 Å². The predicted molar refractivity (Wildman–Crippen MR) is 106 cm³/mol. The van der Waals surface area contributed by atoms with Crippen molar-refractivity contribution in [2.75, 3.05) is 5.32 Å². The summed E-state index contributed by atoms with van der Waals surface area (Å²) in [4.78, 5) is 12.6. The standard InChI is InChI=1S/C19H14Cl3N3O/c20-11-4-6-15(7-5-11)25-16-2-1-3-17(26)18(16)19(24-25)23-14-9-12(21)8-13(22)10-14/h4-10H,1-3H2,(H,23,24). The van der Waals surface area contributed by atoms with Crippen molar-refractivity contribution in [1.82, 2.24) is 9.78 Å². The highest BCUT2D eigenvalue weighted by molar-refractivity contribution is 6.35. The first-order chi connectivity index (χ1) is 12.5. The van der Waals surface area contributed by atoms with Gasteiger partial charge < -0.3 is 5.32 Å². The summed E-state index contributed by atoms with van der Waals surface area (Å²) in [6.45, 7) is 0. The number of hydrogen-bond acceptors (Lipinski definition) is 3. The maximum absolute atomic E-state index is 12.6. The summed E-state index contributed by atoms with van der Waals surface area (Å²) < 4.78 is 1.80. The normalized spacial score (nSPS) is 13.6. The minimum absolute atomic E-state index is 0.0853. The lowest BCUT2D eigenvalue weighted by Crippen LogP contribution is -2.13. The Labute approximate surface area is 165 Å². The predicted octanol–water partition coefficient (Wildman–Crippen LogP) is 6.10. The summed E-state index contributed by atoms with van der Waals surface area (Å²) in [6.07, 6.45) is 2.12. The van der Waals surface area contributed by atoms with E-state index in [9.17, 15) is 4.79 Å². The van der Waals surface area contributed by atoms with Crippen molar-refractivity contribution in [2.24, 2.45) is 0 Å². The molecule has 0 radical (unpaired) electrons. The van der Waals surface area contributed by atoms with E-state index in [1.165, 1.54) is 0 Å². The number of benzene rings is 2. The van der Waals surface area contributed by atoms with Gasteiger partial charge in [-0.2, -0.15) is 0 Å². The van der Waals surface area contributed by atoms with Crippen molar-refractivity contribution < 1.29 is 4.79 Å². The first kappa shape index (κ1) is 17.4. The van der Waals surface area contributed by atoms with Crippen LogP contribution in [0.2, 0.25) is 15.1 Å². The summed E-state index contributed by atoms with van der Waals surface area (Å²) in [6, 6.07) is 12.5. The van der Waals surface area contributed by atoms with Gasteiger partial charge >= 0.3 is 0 Å².